The van der Waals surface area contributed by atoms with Crippen molar-refractivity contribution < 1.29 is 5.11 Å². The van der Waals surface area contributed by atoms with E-state index in [2.05, 4.69) is 45.9 Å². The molecule has 0 bridgehead atoms. The molecule has 1 N–H and O–H groups in total. The molecule has 0 radical (unpaired) electrons. The zero-order chi connectivity index (χ0) is 16.9. The Morgan fingerprint density at radius 2 is 1.91 bits per heavy atom. The van der Waals surface area contributed by atoms with Gasteiger partial charge in [0.15, 0.2) is 0 Å². The predicted octanol–water partition coefficient (Wildman–Crippen LogP) is 6.13. The second-order valence-corrected chi connectivity index (χ2v) is 8.13. The monoisotopic (exact) mass is 316 g/mol. The number of benzene rings is 1. The van der Waals surface area contributed by atoms with Gasteiger partial charge in [-0.15, -0.1) is 0 Å². The van der Waals surface area contributed by atoms with Crippen molar-refractivity contribution in [3.05, 3.63) is 34.9 Å². The van der Waals surface area contributed by atoms with E-state index in [4.69, 9.17) is 0 Å². The van der Waals surface area contributed by atoms with Gasteiger partial charge in [0.25, 0.3) is 0 Å². The van der Waals surface area contributed by atoms with E-state index >= 15 is 0 Å². The van der Waals surface area contributed by atoms with Crippen molar-refractivity contribution >= 4 is 0 Å². The maximum atomic E-state index is 10.0. The minimum atomic E-state index is -0.0939. The highest BCUT2D eigenvalue weighted by atomic mass is 16.3. The van der Waals surface area contributed by atoms with Crippen LogP contribution in [0.5, 0.6) is 0 Å². The average molecular weight is 317 g/mol. The molecule has 0 aliphatic heterocycles. The number of aliphatic hydroxyl groups is 1. The lowest BCUT2D eigenvalue weighted by atomic mass is 9.76. The molecule has 0 saturated heterocycles. The number of aryl methyl sites for hydroxylation is 1. The van der Waals surface area contributed by atoms with E-state index in [1.807, 2.05) is 0 Å². The zero-order valence-corrected chi connectivity index (χ0v) is 15.7. The van der Waals surface area contributed by atoms with Crippen molar-refractivity contribution in [2.75, 3.05) is 0 Å². The number of hydrogen-bond donors (Lipinski definition) is 1. The highest BCUT2D eigenvalue weighted by Crippen LogP contribution is 2.37. The SMILES string of the molecule is CCCCCC(C)(C)c1ccc(C2CCCC(O)C2)c(CC)c1. The first kappa shape index (κ1) is 18.5. The molecule has 2 atom stereocenters. The van der Waals surface area contributed by atoms with Gasteiger partial charge in [-0.25, -0.2) is 0 Å². The van der Waals surface area contributed by atoms with Gasteiger partial charge >= 0.3 is 0 Å². The minimum Gasteiger partial charge on any atom is -0.393 e. The van der Waals surface area contributed by atoms with Gasteiger partial charge in [0.2, 0.25) is 0 Å². The first-order valence-corrected chi connectivity index (χ1v) is 9.79. The van der Waals surface area contributed by atoms with E-state index in [9.17, 15) is 5.11 Å². The smallest absolute Gasteiger partial charge is 0.0546 e. The molecule has 1 fully saturated rings. The van der Waals surface area contributed by atoms with Crippen molar-refractivity contribution in [1.82, 2.24) is 0 Å². The summed E-state index contributed by atoms with van der Waals surface area (Å²) in [6.45, 7) is 9.32. The molecule has 0 spiro atoms. The number of hydrogen-bond acceptors (Lipinski definition) is 1. The second-order valence-electron chi connectivity index (χ2n) is 8.13. The fourth-order valence-corrected chi connectivity index (χ4v) is 4.14. The Kier molecular flexibility index (Phi) is 6.71. The molecule has 130 valence electrons. The van der Waals surface area contributed by atoms with Crippen molar-refractivity contribution in [1.29, 1.82) is 0 Å². The Balaban J connectivity index is 2.18. The molecule has 1 nitrogen and oxygen atoms in total. The zero-order valence-electron chi connectivity index (χ0n) is 15.7. The van der Waals surface area contributed by atoms with E-state index < -0.39 is 0 Å². The summed E-state index contributed by atoms with van der Waals surface area (Å²) in [4.78, 5) is 0. The van der Waals surface area contributed by atoms with Crippen LogP contribution in [0, 0.1) is 0 Å². The first-order valence-electron chi connectivity index (χ1n) is 9.79. The predicted molar refractivity (Wildman–Crippen MR) is 100 cm³/mol. The van der Waals surface area contributed by atoms with Crippen molar-refractivity contribution in [3.8, 4) is 0 Å². The summed E-state index contributed by atoms with van der Waals surface area (Å²) in [5, 5.41) is 10.0. The Morgan fingerprint density at radius 1 is 1.13 bits per heavy atom. The lowest BCUT2D eigenvalue weighted by Crippen LogP contribution is -2.21. The van der Waals surface area contributed by atoms with Crippen LogP contribution in [0.25, 0.3) is 0 Å². The van der Waals surface area contributed by atoms with Gasteiger partial charge in [0, 0.05) is 0 Å². The molecule has 23 heavy (non-hydrogen) atoms. The van der Waals surface area contributed by atoms with Gasteiger partial charge in [0.05, 0.1) is 6.10 Å². The third-order valence-corrected chi connectivity index (χ3v) is 5.80. The summed E-state index contributed by atoms with van der Waals surface area (Å²) < 4.78 is 0. The Labute approximate surface area is 143 Å². The summed E-state index contributed by atoms with van der Waals surface area (Å²) in [7, 11) is 0. The quantitative estimate of drug-likeness (QED) is 0.600. The molecular weight excluding hydrogens is 280 g/mol. The largest absolute Gasteiger partial charge is 0.393 e. The third kappa shape index (κ3) is 4.83. The van der Waals surface area contributed by atoms with Crippen LogP contribution < -0.4 is 0 Å². The highest BCUT2D eigenvalue weighted by Gasteiger charge is 2.25. The minimum absolute atomic E-state index is 0.0939. The lowest BCUT2D eigenvalue weighted by Gasteiger charge is -2.30. The van der Waals surface area contributed by atoms with Crippen LogP contribution in [0.3, 0.4) is 0 Å². The van der Waals surface area contributed by atoms with Crippen LogP contribution >= 0.6 is 0 Å². The topological polar surface area (TPSA) is 20.2 Å². The Morgan fingerprint density at radius 3 is 2.57 bits per heavy atom. The van der Waals surface area contributed by atoms with E-state index in [1.165, 1.54) is 55.2 Å². The standard InChI is InChI=1S/C22H36O/c1-5-7-8-14-22(3,4)19-12-13-21(17(6-2)15-19)18-10-9-11-20(23)16-18/h12-13,15,18,20,23H,5-11,14,16H2,1-4H3. The van der Waals surface area contributed by atoms with Crippen molar-refractivity contribution in [3.63, 3.8) is 0 Å². The van der Waals surface area contributed by atoms with E-state index in [0.29, 0.717) is 5.92 Å². The Bertz CT molecular complexity index is 489. The maximum absolute atomic E-state index is 10.0. The van der Waals surface area contributed by atoms with Crippen LogP contribution in [-0.4, -0.2) is 11.2 Å². The molecule has 0 heterocycles. The molecule has 1 aromatic rings. The second kappa shape index (κ2) is 8.33. The molecule has 0 amide bonds. The molecule has 2 unspecified atom stereocenters. The van der Waals surface area contributed by atoms with Crippen LogP contribution in [-0.2, 0) is 11.8 Å². The van der Waals surface area contributed by atoms with Crippen LogP contribution in [0.2, 0.25) is 0 Å². The molecule has 1 aliphatic carbocycles. The maximum Gasteiger partial charge on any atom is 0.0546 e. The highest BCUT2D eigenvalue weighted by molar-refractivity contribution is 5.38. The molecular formula is C22H36O. The van der Waals surface area contributed by atoms with Gasteiger partial charge in [-0.2, -0.15) is 0 Å². The van der Waals surface area contributed by atoms with Gasteiger partial charge in [-0.1, -0.05) is 71.6 Å². The molecule has 2 rings (SSSR count). The Hall–Kier alpha value is -0.820. The van der Waals surface area contributed by atoms with E-state index in [0.717, 1.165) is 19.3 Å². The van der Waals surface area contributed by atoms with Crippen LogP contribution in [0.1, 0.15) is 102 Å². The summed E-state index contributed by atoms with van der Waals surface area (Å²) in [6, 6.07) is 7.20. The average Bonchev–Trinajstić information content (AvgIpc) is 2.54. The lowest BCUT2D eigenvalue weighted by molar-refractivity contribution is 0.119. The fraction of sp³-hybridized carbons (Fsp3) is 0.727. The molecule has 1 aliphatic rings. The van der Waals surface area contributed by atoms with E-state index in [1.54, 1.807) is 0 Å². The summed E-state index contributed by atoms with van der Waals surface area (Å²) in [5.41, 5.74) is 4.76. The number of rotatable bonds is 7. The third-order valence-electron chi connectivity index (χ3n) is 5.80. The number of aliphatic hydroxyl groups excluding tert-OH is 1. The first-order chi connectivity index (χ1) is 11.0. The van der Waals surface area contributed by atoms with Crippen molar-refractivity contribution in [2.45, 2.75) is 103 Å². The van der Waals surface area contributed by atoms with Gasteiger partial charge < -0.3 is 5.11 Å². The van der Waals surface area contributed by atoms with Gasteiger partial charge in [-0.3, -0.25) is 0 Å². The van der Waals surface area contributed by atoms with Crippen LogP contribution in [0.15, 0.2) is 18.2 Å². The molecule has 0 aromatic heterocycles. The normalized spacial score (nSPS) is 22.3. The molecule has 1 saturated carbocycles. The van der Waals surface area contributed by atoms with E-state index in [-0.39, 0.29) is 11.5 Å². The summed E-state index contributed by atoms with van der Waals surface area (Å²) in [6.07, 6.45) is 10.6. The number of unbranched alkanes of at least 4 members (excludes halogenated alkanes) is 2. The fourth-order valence-electron chi connectivity index (χ4n) is 4.14. The van der Waals surface area contributed by atoms with Gasteiger partial charge in [-0.05, 0) is 60.1 Å². The summed E-state index contributed by atoms with van der Waals surface area (Å²) in [5.74, 6) is 0.561. The van der Waals surface area contributed by atoms with Crippen molar-refractivity contribution in [2.24, 2.45) is 0 Å². The molecule has 1 aromatic carbocycles. The van der Waals surface area contributed by atoms with Crippen LogP contribution in [0.4, 0.5) is 0 Å². The molecule has 1 heteroatoms. The van der Waals surface area contributed by atoms with Gasteiger partial charge in [0.1, 0.15) is 0 Å². The summed E-state index contributed by atoms with van der Waals surface area (Å²) >= 11 is 0.